The van der Waals surface area contributed by atoms with Crippen molar-refractivity contribution in [1.82, 2.24) is 8.61 Å². The van der Waals surface area contributed by atoms with Crippen molar-refractivity contribution >= 4 is 28.6 Å². The van der Waals surface area contributed by atoms with E-state index < -0.39 is 16.2 Å². The summed E-state index contributed by atoms with van der Waals surface area (Å²) in [5.74, 6) is -0.267. The summed E-state index contributed by atoms with van der Waals surface area (Å²) in [6.45, 7) is 1.31. The molecule has 0 aliphatic carbocycles. The zero-order valence-electron chi connectivity index (χ0n) is 14.5. The fourth-order valence-electron chi connectivity index (χ4n) is 3.00. The van der Waals surface area contributed by atoms with E-state index in [9.17, 15) is 13.2 Å². The van der Waals surface area contributed by atoms with E-state index in [-0.39, 0.29) is 37.2 Å². The van der Waals surface area contributed by atoms with Gasteiger partial charge in [0.1, 0.15) is 0 Å². The molecule has 1 saturated heterocycles. The topological polar surface area (TPSA) is 92.9 Å². The summed E-state index contributed by atoms with van der Waals surface area (Å²) in [7, 11) is -0.860. The van der Waals surface area contributed by atoms with Crippen LogP contribution in [0, 0.1) is 5.92 Å². The summed E-state index contributed by atoms with van der Waals surface area (Å²) in [4.78, 5) is 11.2. The number of halogens is 1. The molecule has 142 valence electrons. The van der Waals surface area contributed by atoms with Gasteiger partial charge in [0.15, 0.2) is 0 Å². The van der Waals surface area contributed by atoms with Crippen LogP contribution in [-0.4, -0.2) is 63.3 Å². The molecule has 0 saturated carbocycles. The number of methoxy groups -OCH3 is 1. The molecule has 0 aromatic heterocycles. The number of ether oxygens (including phenoxy) is 1. The minimum absolute atomic E-state index is 0. The Kier molecular flexibility index (Phi) is 8.30. The lowest BCUT2D eigenvalue weighted by atomic mass is 9.89. The van der Waals surface area contributed by atoms with E-state index in [4.69, 9.17) is 5.73 Å². The summed E-state index contributed by atoms with van der Waals surface area (Å²) < 4.78 is 32.7. The van der Waals surface area contributed by atoms with Crippen molar-refractivity contribution in [3.05, 3.63) is 35.9 Å². The number of benzene rings is 1. The maximum Gasteiger partial charge on any atom is 0.306 e. The molecule has 0 bridgehead atoms. The minimum atomic E-state index is -3.62. The molecule has 0 spiro atoms. The monoisotopic (exact) mass is 391 g/mol. The van der Waals surface area contributed by atoms with Gasteiger partial charge < -0.3 is 10.5 Å². The third kappa shape index (κ3) is 5.15. The van der Waals surface area contributed by atoms with Crippen LogP contribution >= 0.6 is 12.4 Å². The van der Waals surface area contributed by atoms with Gasteiger partial charge in [0.05, 0.1) is 13.5 Å². The van der Waals surface area contributed by atoms with Gasteiger partial charge in [-0.05, 0) is 18.0 Å². The first-order valence-corrected chi connectivity index (χ1v) is 9.33. The highest BCUT2D eigenvalue weighted by Gasteiger charge is 2.40. The Hall–Kier alpha value is -1.19. The van der Waals surface area contributed by atoms with Crippen molar-refractivity contribution in [2.45, 2.75) is 12.3 Å². The van der Waals surface area contributed by atoms with E-state index in [0.717, 1.165) is 5.56 Å². The van der Waals surface area contributed by atoms with Crippen LogP contribution in [0.25, 0.3) is 0 Å². The summed E-state index contributed by atoms with van der Waals surface area (Å²) >= 11 is 0. The average molecular weight is 392 g/mol. The lowest BCUT2D eigenvalue weighted by molar-refractivity contribution is -0.140. The van der Waals surface area contributed by atoms with Crippen LogP contribution < -0.4 is 5.73 Å². The highest BCUT2D eigenvalue weighted by molar-refractivity contribution is 7.86. The molecular formula is C16H26ClN3O4S. The van der Waals surface area contributed by atoms with Crippen LogP contribution in [0.5, 0.6) is 0 Å². The molecule has 1 aromatic rings. The molecule has 0 amide bonds. The van der Waals surface area contributed by atoms with Crippen LogP contribution in [0.2, 0.25) is 0 Å². The van der Waals surface area contributed by atoms with Gasteiger partial charge in [-0.1, -0.05) is 30.3 Å². The predicted octanol–water partition coefficient (Wildman–Crippen LogP) is 0.822. The zero-order chi connectivity index (χ0) is 17.7. The van der Waals surface area contributed by atoms with Gasteiger partial charge in [-0.15, -0.1) is 12.4 Å². The molecule has 1 fully saturated rings. The maximum absolute atomic E-state index is 12.7. The van der Waals surface area contributed by atoms with Crippen LogP contribution in [-0.2, 0) is 19.7 Å². The first kappa shape index (κ1) is 21.9. The number of nitrogens with two attached hydrogens (primary N) is 1. The van der Waals surface area contributed by atoms with Crippen LogP contribution in [0.4, 0.5) is 0 Å². The van der Waals surface area contributed by atoms with Crippen LogP contribution in [0.1, 0.15) is 17.9 Å². The smallest absolute Gasteiger partial charge is 0.306 e. The number of rotatable bonds is 7. The first-order chi connectivity index (χ1) is 11.4. The summed E-state index contributed by atoms with van der Waals surface area (Å²) in [6, 6.07) is 9.84. The fourth-order valence-corrected chi connectivity index (χ4v) is 4.45. The molecule has 7 nitrogen and oxygen atoms in total. The second-order valence-electron chi connectivity index (χ2n) is 5.99. The molecule has 2 rings (SSSR count). The molecule has 25 heavy (non-hydrogen) atoms. The molecule has 1 aromatic carbocycles. The Labute approximate surface area is 155 Å². The lowest BCUT2D eigenvalue weighted by Crippen LogP contribution is -2.41. The number of nitrogens with zero attached hydrogens (tertiary/aromatic N) is 2. The minimum Gasteiger partial charge on any atom is -0.469 e. The Morgan fingerprint density at radius 3 is 2.52 bits per heavy atom. The fraction of sp³-hybridized carbons (Fsp3) is 0.562. The van der Waals surface area contributed by atoms with Crippen molar-refractivity contribution < 1.29 is 17.9 Å². The Balaban J connectivity index is 0.00000312. The van der Waals surface area contributed by atoms with Gasteiger partial charge >= 0.3 is 5.97 Å². The number of carbonyl (C=O) groups excluding carboxylic acids is 1. The van der Waals surface area contributed by atoms with Crippen molar-refractivity contribution in [3.63, 3.8) is 0 Å². The average Bonchev–Trinajstić information content (AvgIpc) is 3.05. The van der Waals surface area contributed by atoms with Crippen LogP contribution in [0.15, 0.2) is 30.3 Å². The molecule has 0 radical (unpaired) electrons. The summed E-state index contributed by atoms with van der Waals surface area (Å²) in [6.07, 6.45) is 0.0303. The van der Waals surface area contributed by atoms with Crippen molar-refractivity contribution in [2.24, 2.45) is 11.7 Å². The summed E-state index contributed by atoms with van der Waals surface area (Å²) in [5.41, 5.74) is 6.96. The van der Waals surface area contributed by atoms with E-state index in [2.05, 4.69) is 4.74 Å². The molecule has 0 unspecified atom stereocenters. The largest absolute Gasteiger partial charge is 0.469 e. The van der Waals surface area contributed by atoms with E-state index in [0.29, 0.717) is 19.6 Å². The van der Waals surface area contributed by atoms with Gasteiger partial charge in [-0.3, -0.25) is 4.79 Å². The second-order valence-corrected chi connectivity index (χ2v) is 8.02. The predicted molar refractivity (Wildman–Crippen MR) is 98.7 cm³/mol. The van der Waals surface area contributed by atoms with Crippen LogP contribution in [0.3, 0.4) is 0 Å². The van der Waals surface area contributed by atoms with Gasteiger partial charge in [-0.25, -0.2) is 0 Å². The number of esters is 1. The van der Waals surface area contributed by atoms with Gasteiger partial charge in [-0.2, -0.15) is 17.0 Å². The number of hydrogen-bond acceptors (Lipinski definition) is 5. The Morgan fingerprint density at radius 1 is 1.32 bits per heavy atom. The molecule has 9 heteroatoms. The first-order valence-electron chi connectivity index (χ1n) is 7.93. The van der Waals surface area contributed by atoms with Crippen molar-refractivity contribution in [2.75, 3.05) is 40.3 Å². The molecule has 2 atom stereocenters. The normalized spacial score (nSPS) is 21.1. The Bertz CT molecular complexity index is 657. The van der Waals surface area contributed by atoms with E-state index in [1.165, 1.54) is 22.8 Å². The quantitative estimate of drug-likeness (QED) is 0.694. The molecule has 1 aliphatic rings. The highest BCUT2D eigenvalue weighted by Crippen LogP contribution is 2.33. The van der Waals surface area contributed by atoms with Crippen molar-refractivity contribution in [1.29, 1.82) is 0 Å². The van der Waals surface area contributed by atoms with Gasteiger partial charge in [0.25, 0.3) is 10.2 Å². The van der Waals surface area contributed by atoms with E-state index in [1.54, 1.807) is 0 Å². The van der Waals surface area contributed by atoms with Crippen molar-refractivity contribution in [3.8, 4) is 0 Å². The molecule has 1 aliphatic heterocycles. The second kappa shape index (κ2) is 9.49. The van der Waals surface area contributed by atoms with E-state index >= 15 is 0 Å². The SMILES string of the molecule is COC(=O)CCN(C)S(=O)(=O)N1C[C@@H](CN)[C@H](c2ccccc2)C1.Cl. The lowest BCUT2D eigenvalue weighted by Gasteiger charge is -2.24. The van der Waals surface area contributed by atoms with E-state index in [1.807, 2.05) is 30.3 Å². The number of hydrogen-bond donors (Lipinski definition) is 1. The standard InChI is InChI=1S/C16H25N3O4S.ClH/c1-18(9-8-16(20)23-2)24(21,22)19-11-14(10-17)15(12-19)13-6-4-3-5-7-13;/h3-7,14-15H,8-12,17H2,1-2H3;1H/t14-,15+;/m1./s1. The molecule has 2 N–H and O–H groups in total. The van der Waals surface area contributed by atoms with Gasteiger partial charge in [0.2, 0.25) is 0 Å². The Morgan fingerprint density at radius 2 is 1.96 bits per heavy atom. The molecular weight excluding hydrogens is 366 g/mol. The highest BCUT2D eigenvalue weighted by atomic mass is 35.5. The molecule has 1 heterocycles. The zero-order valence-corrected chi connectivity index (χ0v) is 16.1. The number of carbonyl (C=O) groups is 1. The maximum atomic E-state index is 12.7. The third-order valence-electron chi connectivity index (χ3n) is 4.52. The summed E-state index contributed by atoms with van der Waals surface area (Å²) in [5, 5.41) is 0. The van der Waals surface area contributed by atoms with Gasteiger partial charge in [0, 0.05) is 32.6 Å². The third-order valence-corrected chi connectivity index (χ3v) is 6.44.